The van der Waals surface area contributed by atoms with Gasteiger partial charge in [-0.1, -0.05) is 0 Å². The number of nitrogens with two attached hydrogens (primary N) is 2. The summed E-state index contributed by atoms with van der Waals surface area (Å²) in [6, 6.07) is 2.86. The summed E-state index contributed by atoms with van der Waals surface area (Å²) in [5.41, 5.74) is 11.8. The molecule has 0 radical (unpaired) electrons. The highest BCUT2D eigenvalue weighted by Gasteiger charge is 2.11. The van der Waals surface area contributed by atoms with Crippen molar-refractivity contribution in [2.45, 2.75) is 26.4 Å². The lowest BCUT2D eigenvalue weighted by Crippen LogP contribution is -2.14. The molecule has 90 valence electrons. The first-order valence-electron chi connectivity index (χ1n) is 4.78. The van der Waals surface area contributed by atoms with E-state index >= 15 is 0 Å². The molecule has 0 fully saturated rings. The van der Waals surface area contributed by atoms with Crippen molar-refractivity contribution in [3.05, 3.63) is 12.1 Å². The van der Waals surface area contributed by atoms with E-state index in [-0.39, 0.29) is 22.9 Å². The van der Waals surface area contributed by atoms with Crippen molar-refractivity contribution < 1.29 is 19.7 Å². The van der Waals surface area contributed by atoms with Crippen LogP contribution in [0, 0.1) is 0 Å². The second kappa shape index (κ2) is 4.91. The number of rotatable bonds is 4. The van der Waals surface area contributed by atoms with Crippen LogP contribution in [0.25, 0.3) is 0 Å². The third-order valence-electron chi connectivity index (χ3n) is 1.74. The van der Waals surface area contributed by atoms with E-state index < -0.39 is 12.6 Å². The maximum Gasteiger partial charge on any atom is 0.194 e. The summed E-state index contributed by atoms with van der Waals surface area (Å²) in [6.07, 6.45) is -1.99. The van der Waals surface area contributed by atoms with Crippen LogP contribution >= 0.6 is 0 Å². The molecular weight excluding hydrogens is 212 g/mol. The van der Waals surface area contributed by atoms with Gasteiger partial charge in [-0.3, -0.25) is 0 Å². The number of aliphatic hydroxyl groups is 2. The zero-order chi connectivity index (χ0) is 12.3. The van der Waals surface area contributed by atoms with E-state index in [0.29, 0.717) is 0 Å². The van der Waals surface area contributed by atoms with Crippen molar-refractivity contribution in [2.75, 3.05) is 11.5 Å². The van der Waals surface area contributed by atoms with Gasteiger partial charge < -0.3 is 31.2 Å². The Morgan fingerprint density at radius 2 is 1.31 bits per heavy atom. The summed E-state index contributed by atoms with van der Waals surface area (Å²) in [5.74, 6) is 0.500. The lowest BCUT2D eigenvalue weighted by Gasteiger charge is -2.16. The number of nitrogen functional groups attached to an aromatic ring is 2. The van der Waals surface area contributed by atoms with Crippen LogP contribution in [0.4, 0.5) is 11.4 Å². The molecule has 6 nitrogen and oxygen atoms in total. The minimum atomic E-state index is -0.995. The van der Waals surface area contributed by atoms with Gasteiger partial charge in [-0.15, -0.1) is 0 Å². The molecule has 0 amide bonds. The lowest BCUT2D eigenvalue weighted by molar-refractivity contribution is -0.00460. The van der Waals surface area contributed by atoms with E-state index in [9.17, 15) is 0 Å². The number of ether oxygens (including phenoxy) is 2. The van der Waals surface area contributed by atoms with Gasteiger partial charge in [0, 0.05) is 6.07 Å². The molecule has 6 heteroatoms. The molecule has 1 aromatic carbocycles. The maximum atomic E-state index is 9.07. The summed E-state index contributed by atoms with van der Waals surface area (Å²) < 4.78 is 10.1. The SMILES string of the molecule is CC(O)Oc1cc(OC(C)O)c(N)cc1N. The topological polar surface area (TPSA) is 111 Å². The van der Waals surface area contributed by atoms with Crippen molar-refractivity contribution in [2.24, 2.45) is 0 Å². The zero-order valence-electron chi connectivity index (χ0n) is 9.18. The Bertz CT molecular complexity index is 335. The van der Waals surface area contributed by atoms with Gasteiger partial charge in [-0.05, 0) is 19.9 Å². The molecule has 1 aromatic rings. The van der Waals surface area contributed by atoms with Crippen LogP contribution in [0.1, 0.15) is 13.8 Å². The van der Waals surface area contributed by atoms with E-state index in [2.05, 4.69) is 0 Å². The van der Waals surface area contributed by atoms with Crippen molar-refractivity contribution >= 4 is 11.4 Å². The molecule has 0 aliphatic carbocycles. The predicted molar refractivity (Wildman–Crippen MR) is 59.9 cm³/mol. The predicted octanol–water partition coefficient (Wildman–Crippen LogP) is 0.285. The average molecular weight is 228 g/mol. The Kier molecular flexibility index (Phi) is 3.81. The molecule has 0 heterocycles. The number of aliphatic hydroxyl groups excluding tert-OH is 2. The maximum absolute atomic E-state index is 9.07. The van der Waals surface area contributed by atoms with Gasteiger partial charge in [-0.2, -0.15) is 0 Å². The summed E-state index contributed by atoms with van der Waals surface area (Å²) in [4.78, 5) is 0. The Hall–Kier alpha value is -1.66. The van der Waals surface area contributed by atoms with E-state index in [0.717, 1.165) is 0 Å². The summed E-state index contributed by atoms with van der Waals surface area (Å²) in [7, 11) is 0. The van der Waals surface area contributed by atoms with Crippen molar-refractivity contribution in [1.29, 1.82) is 0 Å². The Morgan fingerprint density at radius 3 is 1.62 bits per heavy atom. The summed E-state index contributed by atoms with van der Waals surface area (Å²) in [6.45, 7) is 2.90. The van der Waals surface area contributed by atoms with Crippen LogP contribution in [0.2, 0.25) is 0 Å². The van der Waals surface area contributed by atoms with Crippen molar-refractivity contribution in [3.8, 4) is 11.5 Å². The number of anilines is 2. The first-order chi connectivity index (χ1) is 7.40. The fraction of sp³-hybridized carbons (Fsp3) is 0.400. The Labute approximate surface area is 93.4 Å². The van der Waals surface area contributed by atoms with Crippen LogP contribution in [0.3, 0.4) is 0 Å². The number of hydrogen-bond acceptors (Lipinski definition) is 6. The minimum absolute atomic E-state index is 0.250. The van der Waals surface area contributed by atoms with Crippen LogP contribution in [0.15, 0.2) is 12.1 Å². The highest BCUT2D eigenvalue weighted by atomic mass is 16.6. The molecule has 6 N–H and O–H groups in total. The smallest absolute Gasteiger partial charge is 0.194 e. The van der Waals surface area contributed by atoms with Crippen LogP contribution in [0.5, 0.6) is 11.5 Å². The van der Waals surface area contributed by atoms with E-state index in [1.807, 2.05) is 0 Å². The van der Waals surface area contributed by atoms with Gasteiger partial charge in [0.25, 0.3) is 0 Å². The van der Waals surface area contributed by atoms with Crippen LogP contribution in [-0.2, 0) is 0 Å². The summed E-state index contributed by atoms with van der Waals surface area (Å²) >= 11 is 0. The molecule has 2 atom stereocenters. The molecule has 0 aromatic heterocycles. The van der Waals surface area contributed by atoms with Crippen molar-refractivity contribution in [3.63, 3.8) is 0 Å². The molecular formula is C10H16N2O4. The normalized spacial score (nSPS) is 14.2. The third-order valence-corrected chi connectivity index (χ3v) is 1.74. The fourth-order valence-electron chi connectivity index (χ4n) is 1.17. The van der Waals surface area contributed by atoms with Gasteiger partial charge in [0.15, 0.2) is 12.6 Å². The molecule has 0 aliphatic rings. The second-order valence-electron chi connectivity index (χ2n) is 3.36. The van der Waals surface area contributed by atoms with Gasteiger partial charge in [0.2, 0.25) is 0 Å². The number of benzene rings is 1. The molecule has 0 saturated carbocycles. The molecule has 0 saturated heterocycles. The van der Waals surface area contributed by atoms with E-state index in [1.165, 1.54) is 26.0 Å². The molecule has 0 spiro atoms. The third kappa shape index (κ3) is 3.18. The first kappa shape index (κ1) is 12.4. The molecule has 0 bridgehead atoms. The largest absolute Gasteiger partial charge is 0.463 e. The molecule has 1 rings (SSSR count). The molecule has 16 heavy (non-hydrogen) atoms. The summed E-state index contributed by atoms with van der Waals surface area (Å²) in [5, 5.41) is 18.1. The average Bonchev–Trinajstić information content (AvgIpc) is 2.11. The van der Waals surface area contributed by atoms with Gasteiger partial charge >= 0.3 is 0 Å². The minimum Gasteiger partial charge on any atom is -0.463 e. The van der Waals surface area contributed by atoms with Gasteiger partial charge in [0.05, 0.1) is 11.4 Å². The van der Waals surface area contributed by atoms with E-state index in [4.69, 9.17) is 31.2 Å². The molecule has 2 unspecified atom stereocenters. The highest BCUT2D eigenvalue weighted by Crippen LogP contribution is 2.33. The quantitative estimate of drug-likeness (QED) is 0.435. The lowest BCUT2D eigenvalue weighted by atomic mass is 10.2. The Balaban J connectivity index is 3.01. The zero-order valence-corrected chi connectivity index (χ0v) is 9.18. The fourth-order valence-corrected chi connectivity index (χ4v) is 1.17. The van der Waals surface area contributed by atoms with Crippen molar-refractivity contribution in [1.82, 2.24) is 0 Å². The van der Waals surface area contributed by atoms with E-state index in [1.54, 1.807) is 0 Å². The first-order valence-corrected chi connectivity index (χ1v) is 4.78. The van der Waals surface area contributed by atoms with Crippen LogP contribution in [-0.4, -0.2) is 22.8 Å². The van der Waals surface area contributed by atoms with Gasteiger partial charge in [0.1, 0.15) is 11.5 Å². The monoisotopic (exact) mass is 228 g/mol. The van der Waals surface area contributed by atoms with Gasteiger partial charge in [-0.25, -0.2) is 0 Å². The molecule has 0 aliphatic heterocycles. The van der Waals surface area contributed by atoms with Crippen LogP contribution < -0.4 is 20.9 Å². The standard InChI is InChI=1S/C10H16N2O4/c1-5(13)15-9-4-10(16-6(2)14)8(12)3-7(9)11/h3-6,13-14H,11-12H2,1-2H3. The second-order valence-corrected chi connectivity index (χ2v) is 3.36. The highest BCUT2D eigenvalue weighted by molar-refractivity contribution is 5.67. The number of hydrogen-bond donors (Lipinski definition) is 4. The Morgan fingerprint density at radius 1 is 0.938 bits per heavy atom.